The number of allylic oxidation sites excluding steroid dienone is 2. The molecule has 0 saturated carbocycles. The Morgan fingerprint density at radius 3 is 2.41 bits per heavy atom. The predicted octanol–water partition coefficient (Wildman–Crippen LogP) is 5.21. The number of esters is 1. The second-order valence-corrected chi connectivity index (χ2v) is 5.77. The summed E-state index contributed by atoms with van der Waals surface area (Å²) in [5.41, 5.74) is 1.41. The molecule has 0 amide bonds. The van der Waals surface area contributed by atoms with Gasteiger partial charge in [0.2, 0.25) is 0 Å². The van der Waals surface area contributed by atoms with E-state index in [-0.39, 0.29) is 12.1 Å². The van der Waals surface area contributed by atoms with Crippen molar-refractivity contribution in [2.45, 2.75) is 77.7 Å². The van der Waals surface area contributed by atoms with Crippen molar-refractivity contribution in [3.05, 3.63) is 23.8 Å². The highest BCUT2D eigenvalue weighted by Gasteiger charge is 2.02. The molecule has 0 aliphatic heterocycles. The van der Waals surface area contributed by atoms with E-state index in [4.69, 9.17) is 4.74 Å². The molecule has 0 fully saturated rings. The van der Waals surface area contributed by atoms with E-state index < -0.39 is 0 Å². The molecule has 0 aromatic heterocycles. The fourth-order valence-electron chi connectivity index (χ4n) is 2.29. The summed E-state index contributed by atoms with van der Waals surface area (Å²) in [4.78, 5) is 11.0. The first-order chi connectivity index (χ1) is 10.6. The van der Waals surface area contributed by atoms with Crippen LogP contribution in [0.4, 0.5) is 0 Å². The number of rotatable bonds is 13. The molecule has 0 radical (unpaired) electrons. The molecule has 3 nitrogen and oxygen atoms in total. The van der Waals surface area contributed by atoms with Crippen LogP contribution in [-0.2, 0) is 14.3 Å². The normalized spacial score (nSPS) is 13.5. The van der Waals surface area contributed by atoms with Gasteiger partial charge < -0.3 is 9.47 Å². The third kappa shape index (κ3) is 12.6. The molecule has 0 aromatic carbocycles. The predicted molar refractivity (Wildman–Crippen MR) is 92.9 cm³/mol. The number of methoxy groups -OCH3 is 2. The summed E-state index contributed by atoms with van der Waals surface area (Å²) >= 11 is 0. The molecule has 1 unspecified atom stereocenters. The molecule has 1 atom stereocenters. The van der Waals surface area contributed by atoms with Crippen molar-refractivity contribution < 1.29 is 14.3 Å². The molecule has 0 heterocycles. The summed E-state index contributed by atoms with van der Waals surface area (Å²) in [5, 5.41) is 0. The molecule has 0 aromatic rings. The average Bonchev–Trinajstić information content (AvgIpc) is 2.52. The van der Waals surface area contributed by atoms with Gasteiger partial charge in [-0.05, 0) is 32.6 Å². The number of ether oxygens (including phenoxy) is 2. The Kier molecular flexibility index (Phi) is 14.1. The van der Waals surface area contributed by atoms with Crippen molar-refractivity contribution in [1.82, 2.24) is 0 Å². The molecule has 3 heteroatoms. The first kappa shape index (κ1) is 20.9. The van der Waals surface area contributed by atoms with E-state index >= 15 is 0 Å². The Hall–Kier alpha value is -1.09. The minimum Gasteiger partial charge on any atom is -0.469 e. The summed E-state index contributed by atoms with van der Waals surface area (Å²) in [6.45, 7) is 4.43. The second-order valence-electron chi connectivity index (χ2n) is 5.77. The third-order valence-corrected chi connectivity index (χ3v) is 3.73. The van der Waals surface area contributed by atoms with Gasteiger partial charge >= 0.3 is 5.97 Å². The summed E-state index contributed by atoms with van der Waals surface area (Å²) in [6.07, 6.45) is 16.2. The van der Waals surface area contributed by atoms with Crippen LogP contribution in [0.25, 0.3) is 0 Å². The molecule has 0 aliphatic carbocycles. The van der Waals surface area contributed by atoms with Gasteiger partial charge in [0.25, 0.3) is 0 Å². The standard InChI is InChI=1S/C19H34O3/c1-5-6-7-8-10-13-17(2)16-18(21-3)14-11-9-12-15-19(20)22-4/h9,11,16,18H,5-8,10,12-15H2,1-4H3. The quantitative estimate of drug-likeness (QED) is 0.266. The summed E-state index contributed by atoms with van der Waals surface area (Å²) < 4.78 is 10.1. The van der Waals surface area contributed by atoms with Crippen LogP contribution in [0.5, 0.6) is 0 Å². The van der Waals surface area contributed by atoms with Crippen molar-refractivity contribution in [2.75, 3.05) is 14.2 Å². The van der Waals surface area contributed by atoms with Crippen LogP contribution in [0, 0.1) is 0 Å². The molecule has 0 bridgehead atoms. The minimum absolute atomic E-state index is 0.130. The van der Waals surface area contributed by atoms with Gasteiger partial charge in [0.05, 0.1) is 13.2 Å². The van der Waals surface area contributed by atoms with Gasteiger partial charge in [0, 0.05) is 13.5 Å². The van der Waals surface area contributed by atoms with Crippen molar-refractivity contribution in [3.8, 4) is 0 Å². The van der Waals surface area contributed by atoms with Gasteiger partial charge in [-0.15, -0.1) is 0 Å². The maximum atomic E-state index is 11.0. The maximum Gasteiger partial charge on any atom is 0.305 e. The molecule has 22 heavy (non-hydrogen) atoms. The van der Waals surface area contributed by atoms with E-state index in [1.807, 2.05) is 6.08 Å². The molecule has 0 saturated heterocycles. The van der Waals surface area contributed by atoms with Crippen molar-refractivity contribution >= 4 is 5.97 Å². The molecule has 128 valence electrons. The molecule has 0 spiro atoms. The zero-order chi connectivity index (χ0) is 16.6. The highest BCUT2D eigenvalue weighted by Crippen LogP contribution is 2.13. The van der Waals surface area contributed by atoms with Crippen LogP contribution in [-0.4, -0.2) is 26.3 Å². The smallest absolute Gasteiger partial charge is 0.305 e. The highest BCUT2D eigenvalue weighted by molar-refractivity contribution is 5.69. The molecule has 0 rings (SSSR count). The van der Waals surface area contributed by atoms with Gasteiger partial charge in [-0.1, -0.05) is 56.4 Å². The molecular weight excluding hydrogens is 276 g/mol. The van der Waals surface area contributed by atoms with E-state index in [2.05, 4.69) is 30.7 Å². The van der Waals surface area contributed by atoms with Crippen LogP contribution in [0.1, 0.15) is 71.6 Å². The van der Waals surface area contributed by atoms with Gasteiger partial charge in [-0.25, -0.2) is 0 Å². The lowest BCUT2D eigenvalue weighted by molar-refractivity contribution is -0.140. The van der Waals surface area contributed by atoms with E-state index in [9.17, 15) is 4.79 Å². The van der Waals surface area contributed by atoms with Gasteiger partial charge in [-0.3, -0.25) is 4.79 Å². The van der Waals surface area contributed by atoms with Gasteiger partial charge in [0.1, 0.15) is 0 Å². The summed E-state index contributed by atoms with van der Waals surface area (Å²) in [7, 11) is 3.17. The van der Waals surface area contributed by atoms with Crippen LogP contribution in [0.2, 0.25) is 0 Å². The molecule has 0 aliphatic rings. The third-order valence-electron chi connectivity index (χ3n) is 3.73. The van der Waals surface area contributed by atoms with Gasteiger partial charge in [0.15, 0.2) is 0 Å². The lowest BCUT2D eigenvalue weighted by atomic mass is 10.0. The Balaban J connectivity index is 3.94. The number of hydrogen-bond donors (Lipinski definition) is 0. The van der Waals surface area contributed by atoms with Crippen LogP contribution in [0.3, 0.4) is 0 Å². The Morgan fingerprint density at radius 2 is 1.77 bits per heavy atom. The SMILES string of the molecule is CCCCCCCC(C)=CC(CC=CCCC(=O)OC)OC. The Bertz CT molecular complexity index is 332. The molecule has 0 N–H and O–H groups in total. The topological polar surface area (TPSA) is 35.5 Å². The van der Waals surface area contributed by atoms with E-state index in [1.165, 1.54) is 44.8 Å². The first-order valence-electron chi connectivity index (χ1n) is 8.55. The van der Waals surface area contributed by atoms with Gasteiger partial charge in [-0.2, -0.15) is 0 Å². The van der Waals surface area contributed by atoms with Crippen LogP contribution in [0.15, 0.2) is 23.8 Å². The highest BCUT2D eigenvalue weighted by atomic mass is 16.5. The largest absolute Gasteiger partial charge is 0.469 e. The monoisotopic (exact) mass is 310 g/mol. The zero-order valence-electron chi connectivity index (χ0n) is 14.9. The molecular formula is C19H34O3. The number of unbranched alkanes of at least 4 members (excludes halogenated alkanes) is 4. The Morgan fingerprint density at radius 1 is 1.05 bits per heavy atom. The second kappa shape index (κ2) is 14.8. The number of carbonyl (C=O) groups excluding carboxylic acids is 1. The maximum absolute atomic E-state index is 11.0. The average molecular weight is 310 g/mol. The van der Waals surface area contributed by atoms with Crippen molar-refractivity contribution in [1.29, 1.82) is 0 Å². The lowest BCUT2D eigenvalue weighted by Crippen LogP contribution is -2.06. The number of hydrogen-bond acceptors (Lipinski definition) is 3. The lowest BCUT2D eigenvalue weighted by Gasteiger charge is -2.10. The van der Waals surface area contributed by atoms with E-state index in [0.717, 1.165) is 19.3 Å². The van der Waals surface area contributed by atoms with Crippen LogP contribution < -0.4 is 0 Å². The van der Waals surface area contributed by atoms with Crippen molar-refractivity contribution in [2.24, 2.45) is 0 Å². The zero-order valence-corrected chi connectivity index (χ0v) is 14.9. The van der Waals surface area contributed by atoms with E-state index in [1.54, 1.807) is 7.11 Å². The summed E-state index contributed by atoms with van der Waals surface area (Å²) in [6, 6.07) is 0. The van der Waals surface area contributed by atoms with E-state index in [0.29, 0.717) is 6.42 Å². The fraction of sp³-hybridized carbons (Fsp3) is 0.737. The first-order valence-corrected chi connectivity index (χ1v) is 8.55. The summed E-state index contributed by atoms with van der Waals surface area (Å²) in [5.74, 6) is -0.160. The van der Waals surface area contributed by atoms with Crippen LogP contribution >= 0.6 is 0 Å². The number of carbonyl (C=O) groups is 1. The fourth-order valence-corrected chi connectivity index (χ4v) is 2.29. The van der Waals surface area contributed by atoms with Crippen molar-refractivity contribution in [3.63, 3.8) is 0 Å². The Labute approximate surface area is 136 Å². The minimum atomic E-state index is -0.160.